The van der Waals surface area contributed by atoms with Crippen molar-refractivity contribution in [3.05, 3.63) is 23.6 Å². The quantitative estimate of drug-likeness (QED) is 0.497. The Morgan fingerprint density at radius 2 is 1.85 bits per heavy atom. The smallest absolute Gasteiger partial charge is 0.103 e. The van der Waals surface area contributed by atoms with E-state index in [1.807, 2.05) is 0 Å². The van der Waals surface area contributed by atoms with E-state index in [9.17, 15) is 0 Å². The van der Waals surface area contributed by atoms with Crippen LogP contribution in [0.15, 0.2) is 23.6 Å². The van der Waals surface area contributed by atoms with Gasteiger partial charge in [-0.15, -0.1) is 0 Å². The molecule has 4 nitrogen and oxygen atoms in total. The number of halogens is 1. The minimum Gasteiger partial charge on any atom is -0.494 e. The molecule has 1 saturated carbocycles. The van der Waals surface area contributed by atoms with Crippen LogP contribution in [0.4, 0.5) is 0 Å². The molecule has 0 radical (unpaired) electrons. The highest BCUT2D eigenvalue weighted by Crippen LogP contribution is 2.36. The molecule has 0 aromatic rings. The molecule has 0 aromatic carbocycles. The van der Waals surface area contributed by atoms with Gasteiger partial charge in [-0.3, -0.25) is 0 Å². The minimum absolute atomic E-state index is 0.419. The number of hydrogen-bond donors (Lipinski definition) is 1. The largest absolute Gasteiger partial charge is 0.494 e. The van der Waals surface area contributed by atoms with Crippen LogP contribution in [-0.2, 0) is 9.47 Å². The van der Waals surface area contributed by atoms with E-state index in [0.29, 0.717) is 18.1 Å². The Bertz CT molecular complexity index is 522. The van der Waals surface area contributed by atoms with E-state index < -0.39 is 0 Å². The van der Waals surface area contributed by atoms with Crippen LogP contribution < -0.4 is 5.32 Å². The Kier molecular flexibility index (Phi) is 6.81. The number of alkyl halides is 1. The zero-order chi connectivity index (χ0) is 17.8. The third kappa shape index (κ3) is 4.76. The van der Waals surface area contributed by atoms with E-state index in [1.165, 1.54) is 62.8 Å². The van der Waals surface area contributed by atoms with E-state index in [2.05, 4.69) is 45.0 Å². The average molecular weight is 472 g/mol. The van der Waals surface area contributed by atoms with E-state index in [-0.39, 0.29) is 0 Å². The fourth-order valence-electron chi connectivity index (χ4n) is 4.71. The summed E-state index contributed by atoms with van der Waals surface area (Å²) in [4.78, 5) is 2.48. The highest BCUT2D eigenvalue weighted by molar-refractivity contribution is 14.1. The summed E-state index contributed by atoms with van der Waals surface area (Å²) in [5.41, 5.74) is 1.35. The summed E-state index contributed by atoms with van der Waals surface area (Å²) in [6.07, 6.45) is 15.5. The van der Waals surface area contributed by atoms with Crippen LogP contribution in [0.2, 0.25) is 0 Å². The van der Waals surface area contributed by atoms with Gasteiger partial charge >= 0.3 is 0 Å². The second kappa shape index (κ2) is 9.28. The zero-order valence-electron chi connectivity index (χ0n) is 15.8. The molecule has 2 aliphatic heterocycles. The third-order valence-electron chi connectivity index (χ3n) is 6.29. The molecule has 4 aliphatic rings. The first-order valence-electron chi connectivity index (χ1n) is 10.6. The molecule has 3 fully saturated rings. The summed E-state index contributed by atoms with van der Waals surface area (Å²) >= 11 is 2.60. The Hall–Kier alpha value is -0.270. The summed E-state index contributed by atoms with van der Waals surface area (Å²) in [5, 5.41) is 3.81. The van der Waals surface area contributed by atoms with Gasteiger partial charge in [-0.05, 0) is 57.2 Å². The van der Waals surface area contributed by atoms with Crippen LogP contribution >= 0.6 is 22.6 Å². The molecule has 2 atom stereocenters. The molecule has 4 rings (SSSR count). The predicted molar refractivity (Wildman–Crippen MR) is 113 cm³/mol. The number of ether oxygens (including phenoxy) is 2. The number of nitrogens with zero attached hydrogens (tertiary/aromatic N) is 1. The topological polar surface area (TPSA) is 33.7 Å². The molecular formula is C21H33IN2O2. The highest BCUT2D eigenvalue weighted by Gasteiger charge is 2.33. The minimum atomic E-state index is 0.419. The van der Waals surface area contributed by atoms with Crippen LogP contribution in [0.25, 0.3) is 0 Å². The molecule has 0 aromatic heterocycles. The van der Waals surface area contributed by atoms with Crippen molar-refractivity contribution in [3.63, 3.8) is 0 Å². The van der Waals surface area contributed by atoms with E-state index in [1.54, 1.807) is 0 Å². The monoisotopic (exact) mass is 472 g/mol. The van der Waals surface area contributed by atoms with Gasteiger partial charge < -0.3 is 19.7 Å². The van der Waals surface area contributed by atoms with Gasteiger partial charge in [0.15, 0.2) is 0 Å². The number of rotatable bonds is 3. The molecule has 0 amide bonds. The molecule has 2 heterocycles. The van der Waals surface area contributed by atoms with E-state index in [0.717, 1.165) is 36.8 Å². The maximum Gasteiger partial charge on any atom is 0.103 e. The SMILES string of the molecule is I[C@H]1CC[C@@H](OC2=CC(N3CCOCC3)=CC3NCCCCCC23)CC1. The van der Waals surface area contributed by atoms with Crippen LogP contribution in [0.5, 0.6) is 0 Å². The van der Waals surface area contributed by atoms with Gasteiger partial charge in [0.25, 0.3) is 0 Å². The fourth-order valence-corrected chi connectivity index (χ4v) is 5.43. The van der Waals surface area contributed by atoms with Crippen LogP contribution in [0.1, 0.15) is 51.4 Å². The predicted octanol–water partition coefficient (Wildman–Crippen LogP) is 4.01. The van der Waals surface area contributed by atoms with Gasteiger partial charge in [-0.25, -0.2) is 0 Å². The van der Waals surface area contributed by atoms with Crippen molar-refractivity contribution in [1.29, 1.82) is 0 Å². The molecular weight excluding hydrogens is 439 g/mol. The Morgan fingerprint density at radius 3 is 2.65 bits per heavy atom. The Balaban J connectivity index is 1.52. The number of morpholine rings is 1. The lowest BCUT2D eigenvalue weighted by molar-refractivity contribution is 0.0462. The third-order valence-corrected chi connectivity index (χ3v) is 7.54. The summed E-state index contributed by atoms with van der Waals surface area (Å²) in [5.74, 6) is 1.77. The Labute approximate surface area is 171 Å². The molecule has 1 N–H and O–H groups in total. The number of allylic oxidation sites excluding steroid dienone is 1. The number of hydrogen-bond acceptors (Lipinski definition) is 4. The van der Waals surface area contributed by atoms with E-state index in [4.69, 9.17) is 9.47 Å². The van der Waals surface area contributed by atoms with Crippen molar-refractivity contribution in [1.82, 2.24) is 10.2 Å². The van der Waals surface area contributed by atoms with Crippen molar-refractivity contribution in [3.8, 4) is 0 Å². The van der Waals surface area contributed by atoms with Gasteiger partial charge in [0.05, 0.1) is 19.3 Å². The van der Waals surface area contributed by atoms with Crippen molar-refractivity contribution in [2.24, 2.45) is 5.92 Å². The Morgan fingerprint density at radius 1 is 1.04 bits per heavy atom. The van der Waals surface area contributed by atoms with Crippen molar-refractivity contribution >= 4 is 22.6 Å². The molecule has 0 bridgehead atoms. The van der Waals surface area contributed by atoms with E-state index >= 15 is 0 Å². The standard InChI is InChI=1S/C21H33IN2O2/c22-16-5-7-18(8-6-16)26-21-15-17(24-10-12-25-13-11-24)14-20-19(21)4-2-1-3-9-23-20/h14-16,18-20,23H,1-13H2/t16-,18+,19?,20?. The van der Waals surface area contributed by atoms with Crippen LogP contribution in [0.3, 0.4) is 0 Å². The normalized spacial score (nSPS) is 36.3. The lowest BCUT2D eigenvalue weighted by Gasteiger charge is -2.39. The summed E-state index contributed by atoms with van der Waals surface area (Å²) in [6.45, 7) is 4.78. The maximum absolute atomic E-state index is 6.69. The lowest BCUT2D eigenvalue weighted by Crippen LogP contribution is -2.43. The summed E-state index contributed by atoms with van der Waals surface area (Å²) in [6, 6.07) is 0.425. The maximum atomic E-state index is 6.69. The molecule has 2 saturated heterocycles. The van der Waals surface area contributed by atoms with Gasteiger partial charge in [0.2, 0.25) is 0 Å². The molecule has 2 unspecified atom stereocenters. The summed E-state index contributed by atoms with van der Waals surface area (Å²) in [7, 11) is 0. The molecule has 2 aliphatic carbocycles. The average Bonchev–Trinajstić information content (AvgIpc) is 2.65. The molecule has 0 spiro atoms. The summed E-state index contributed by atoms with van der Waals surface area (Å²) < 4.78 is 13.1. The van der Waals surface area contributed by atoms with Crippen molar-refractivity contribution < 1.29 is 9.47 Å². The number of nitrogens with one attached hydrogen (secondary N) is 1. The van der Waals surface area contributed by atoms with Gasteiger partial charge in [0.1, 0.15) is 5.76 Å². The van der Waals surface area contributed by atoms with Gasteiger partial charge in [0, 0.05) is 34.7 Å². The zero-order valence-corrected chi connectivity index (χ0v) is 18.0. The molecule has 146 valence electrons. The van der Waals surface area contributed by atoms with Crippen LogP contribution in [0, 0.1) is 5.92 Å². The number of fused-ring (bicyclic) bond motifs is 1. The second-order valence-corrected chi connectivity index (χ2v) is 9.93. The first-order valence-corrected chi connectivity index (χ1v) is 11.8. The van der Waals surface area contributed by atoms with Crippen molar-refractivity contribution in [2.45, 2.75) is 67.4 Å². The first-order chi connectivity index (χ1) is 12.8. The highest BCUT2D eigenvalue weighted by atomic mass is 127. The van der Waals surface area contributed by atoms with Crippen LogP contribution in [-0.4, -0.2) is 53.8 Å². The van der Waals surface area contributed by atoms with Gasteiger partial charge in [-0.1, -0.05) is 35.4 Å². The molecule has 5 heteroatoms. The molecule has 26 heavy (non-hydrogen) atoms. The first kappa shape index (κ1) is 19.1. The lowest BCUT2D eigenvalue weighted by atomic mass is 9.85. The van der Waals surface area contributed by atoms with Gasteiger partial charge in [-0.2, -0.15) is 0 Å². The second-order valence-electron chi connectivity index (χ2n) is 8.17. The van der Waals surface area contributed by atoms with Crippen molar-refractivity contribution in [2.75, 3.05) is 32.8 Å². The fraction of sp³-hybridized carbons (Fsp3) is 0.810.